The molecule has 0 aliphatic carbocycles. The molecule has 5 heteroatoms. The standard InChI is InChI=1S/C21H25ClN2O2/c1-3-23-13-11-18(12-14-23)24(17-7-5-4-6-8-17)21(25)19-15-16(22)9-10-20(19)26-2/h4-10,15,18H,3,11-14H2,1-2H3. The smallest absolute Gasteiger partial charge is 0.262 e. The number of rotatable bonds is 5. The quantitative estimate of drug-likeness (QED) is 0.775. The van der Waals surface area contributed by atoms with Crippen LogP contribution >= 0.6 is 11.6 Å². The van der Waals surface area contributed by atoms with E-state index in [2.05, 4.69) is 11.8 Å². The first kappa shape index (κ1) is 18.7. The highest BCUT2D eigenvalue weighted by Gasteiger charge is 2.30. The second-order valence-electron chi connectivity index (χ2n) is 6.52. The lowest BCUT2D eigenvalue weighted by Gasteiger charge is -2.38. The fourth-order valence-electron chi connectivity index (χ4n) is 3.55. The zero-order valence-electron chi connectivity index (χ0n) is 15.3. The lowest BCUT2D eigenvalue weighted by Crippen LogP contribution is -2.47. The lowest BCUT2D eigenvalue weighted by molar-refractivity contribution is 0.0958. The topological polar surface area (TPSA) is 32.8 Å². The minimum absolute atomic E-state index is 0.0644. The van der Waals surface area contributed by atoms with Gasteiger partial charge in [-0.2, -0.15) is 0 Å². The van der Waals surface area contributed by atoms with Crippen LogP contribution in [0.4, 0.5) is 5.69 Å². The average molecular weight is 373 g/mol. The van der Waals surface area contributed by atoms with Gasteiger partial charge in [-0.05, 0) is 49.7 Å². The number of likely N-dealkylation sites (tertiary alicyclic amines) is 1. The van der Waals surface area contributed by atoms with Crippen LogP contribution in [0.25, 0.3) is 0 Å². The number of halogens is 1. The number of carbonyl (C=O) groups excluding carboxylic acids is 1. The number of hydrogen-bond acceptors (Lipinski definition) is 3. The van der Waals surface area contributed by atoms with Crippen molar-refractivity contribution in [2.24, 2.45) is 0 Å². The molecule has 0 atom stereocenters. The highest BCUT2D eigenvalue weighted by Crippen LogP contribution is 2.30. The first-order chi connectivity index (χ1) is 12.6. The SMILES string of the molecule is CCN1CCC(N(C(=O)c2cc(Cl)ccc2OC)c2ccccc2)CC1. The molecule has 0 saturated carbocycles. The number of carbonyl (C=O) groups is 1. The number of methoxy groups -OCH3 is 1. The summed E-state index contributed by atoms with van der Waals surface area (Å²) in [6.45, 7) is 5.24. The molecule has 0 N–H and O–H groups in total. The molecule has 1 amide bonds. The molecule has 0 aromatic heterocycles. The summed E-state index contributed by atoms with van der Waals surface area (Å²) in [5, 5.41) is 0.531. The molecule has 3 rings (SSSR count). The summed E-state index contributed by atoms with van der Waals surface area (Å²) in [6, 6.07) is 15.2. The summed E-state index contributed by atoms with van der Waals surface area (Å²) >= 11 is 6.16. The molecule has 1 aliphatic heterocycles. The van der Waals surface area contributed by atoms with E-state index < -0.39 is 0 Å². The molecule has 2 aromatic carbocycles. The van der Waals surface area contributed by atoms with E-state index in [0.29, 0.717) is 16.3 Å². The number of nitrogens with zero attached hydrogens (tertiary/aromatic N) is 2. The maximum Gasteiger partial charge on any atom is 0.262 e. The van der Waals surface area contributed by atoms with Gasteiger partial charge in [0.15, 0.2) is 0 Å². The molecule has 1 aliphatic rings. The number of amides is 1. The first-order valence-electron chi connectivity index (χ1n) is 9.08. The van der Waals surface area contributed by atoms with Gasteiger partial charge in [0.2, 0.25) is 0 Å². The van der Waals surface area contributed by atoms with Crippen molar-refractivity contribution in [1.29, 1.82) is 0 Å². The van der Waals surface area contributed by atoms with Gasteiger partial charge in [0.25, 0.3) is 5.91 Å². The van der Waals surface area contributed by atoms with Crippen molar-refractivity contribution in [1.82, 2.24) is 4.90 Å². The lowest BCUT2D eigenvalue weighted by atomic mass is 10.0. The van der Waals surface area contributed by atoms with E-state index in [9.17, 15) is 4.79 Å². The zero-order chi connectivity index (χ0) is 18.5. The van der Waals surface area contributed by atoms with Crippen molar-refractivity contribution in [2.75, 3.05) is 31.6 Å². The second kappa shape index (κ2) is 8.56. The van der Waals surface area contributed by atoms with Gasteiger partial charge < -0.3 is 14.5 Å². The first-order valence-corrected chi connectivity index (χ1v) is 9.46. The number of para-hydroxylation sites is 1. The van der Waals surface area contributed by atoms with Gasteiger partial charge in [-0.3, -0.25) is 4.79 Å². The third kappa shape index (κ3) is 4.02. The highest BCUT2D eigenvalue weighted by molar-refractivity contribution is 6.31. The Labute approximate surface area is 160 Å². The maximum atomic E-state index is 13.5. The average Bonchev–Trinajstić information content (AvgIpc) is 2.69. The molecular weight excluding hydrogens is 348 g/mol. The Bertz CT molecular complexity index is 743. The number of ether oxygens (including phenoxy) is 1. The molecule has 0 spiro atoms. The molecule has 0 unspecified atom stereocenters. The Morgan fingerprint density at radius 1 is 1.19 bits per heavy atom. The summed E-state index contributed by atoms with van der Waals surface area (Å²) in [4.78, 5) is 17.8. The number of hydrogen-bond donors (Lipinski definition) is 0. The van der Waals surface area contributed by atoms with E-state index in [4.69, 9.17) is 16.3 Å². The number of piperidine rings is 1. The van der Waals surface area contributed by atoms with Gasteiger partial charge in [0.05, 0.1) is 12.7 Å². The zero-order valence-corrected chi connectivity index (χ0v) is 16.1. The minimum atomic E-state index is -0.0644. The van der Waals surface area contributed by atoms with Crippen molar-refractivity contribution in [2.45, 2.75) is 25.8 Å². The van der Waals surface area contributed by atoms with Crippen molar-refractivity contribution in [3.63, 3.8) is 0 Å². The largest absolute Gasteiger partial charge is 0.496 e. The predicted octanol–water partition coefficient (Wildman–Crippen LogP) is 4.48. The van der Waals surface area contributed by atoms with Gasteiger partial charge >= 0.3 is 0 Å². The summed E-state index contributed by atoms with van der Waals surface area (Å²) in [7, 11) is 1.58. The van der Waals surface area contributed by atoms with Crippen LogP contribution in [0.3, 0.4) is 0 Å². The molecule has 1 fully saturated rings. The van der Waals surface area contributed by atoms with Crippen LogP contribution in [0.2, 0.25) is 5.02 Å². The number of anilines is 1. The van der Waals surface area contributed by atoms with Crippen molar-refractivity contribution >= 4 is 23.2 Å². The Balaban J connectivity index is 1.96. The van der Waals surface area contributed by atoms with Gasteiger partial charge in [0.1, 0.15) is 5.75 Å². The van der Waals surface area contributed by atoms with Crippen LogP contribution in [0.1, 0.15) is 30.1 Å². The summed E-state index contributed by atoms with van der Waals surface area (Å²) < 4.78 is 5.41. The summed E-state index contributed by atoms with van der Waals surface area (Å²) in [6.07, 6.45) is 1.91. The van der Waals surface area contributed by atoms with Gasteiger partial charge in [-0.25, -0.2) is 0 Å². The maximum absolute atomic E-state index is 13.5. The summed E-state index contributed by atoms with van der Waals surface area (Å²) in [5.41, 5.74) is 1.41. The fourth-order valence-corrected chi connectivity index (χ4v) is 3.73. The van der Waals surface area contributed by atoms with Gasteiger partial charge in [-0.15, -0.1) is 0 Å². The molecule has 1 saturated heterocycles. The van der Waals surface area contributed by atoms with Crippen molar-refractivity contribution < 1.29 is 9.53 Å². The Morgan fingerprint density at radius 3 is 2.50 bits per heavy atom. The van der Waals surface area contributed by atoms with Crippen LogP contribution in [-0.4, -0.2) is 43.6 Å². The van der Waals surface area contributed by atoms with Crippen LogP contribution in [0.15, 0.2) is 48.5 Å². The Hall–Kier alpha value is -2.04. The van der Waals surface area contributed by atoms with Crippen LogP contribution in [-0.2, 0) is 0 Å². The van der Waals surface area contributed by atoms with E-state index in [-0.39, 0.29) is 11.9 Å². The third-order valence-electron chi connectivity index (χ3n) is 5.01. The number of benzene rings is 2. The van der Waals surface area contributed by atoms with Crippen LogP contribution in [0, 0.1) is 0 Å². The Morgan fingerprint density at radius 2 is 1.88 bits per heavy atom. The summed E-state index contributed by atoms with van der Waals surface area (Å²) in [5.74, 6) is 0.483. The molecule has 26 heavy (non-hydrogen) atoms. The molecular formula is C21H25ClN2O2. The molecule has 0 bridgehead atoms. The van der Waals surface area contributed by atoms with Crippen LogP contribution in [0.5, 0.6) is 5.75 Å². The third-order valence-corrected chi connectivity index (χ3v) is 5.25. The van der Waals surface area contributed by atoms with E-state index >= 15 is 0 Å². The normalized spacial score (nSPS) is 15.7. The molecule has 138 valence electrons. The van der Waals surface area contributed by atoms with Gasteiger partial charge in [-0.1, -0.05) is 36.7 Å². The van der Waals surface area contributed by atoms with E-state index in [1.54, 1.807) is 25.3 Å². The van der Waals surface area contributed by atoms with E-state index in [1.165, 1.54) is 0 Å². The van der Waals surface area contributed by atoms with E-state index in [0.717, 1.165) is 38.2 Å². The second-order valence-corrected chi connectivity index (χ2v) is 6.96. The monoisotopic (exact) mass is 372 g/mol. The predicted molar refractivity (Wildman–Crippen MR) is 106 cm³/mol. The Kier molecular flexibility index (Phi) is 6.17. The molecule has 1 heterocycles. The van der Waals surface area contributed by atoms with Crippen LogP contribution < -0.4 is 9.64 Å². The van der Waals surface area contributed by atoms with Crippen molar-refractivity contribution in [3.05, 3.63) is 59.1 Å². The highest BCUT2D eigenvalue weighted by atomic mass is 35.5. The van der Waals surface area contributed by atoms with Crippen molar-refractivity contribution in [3.8, 4) is 5.75 Å². The molecule has 4 nitrogen and oxygen atoms in total. The molecule has 0 radical (unpaired) electrons. The van der Waals surface area contributed by atoms with E-state index in [1.807, 2.05) is 35.2 Å². The molecule has 2 aromatic rings. The fraction of sp³-hybridized carbons (Fsp3) is 0.381. The van der Waals surface area contributed by atoms with Gasteiger partial charge in [0, 0.05) is 29.8 Å². The minimum Gasteiger partial charge on any atom is -0.496 e.